The lowest BCUT2D eigenvalue weighted by atomic mass is 10.1. The van der Waals surface area contributed by atoms with Crippen LogP contribution in [0.4, 0.5) is 10.1 Å². The normalized spacial score (nSPS) is 10.7. The summed E-state index contributed by atoms with van der Waals surface area (Å²) in [4.78, 5) is 24.2. The maximum atomic E-state index is 13.2. The fourth-order valence-electron chi connectivity index (χ4n) is 3.01. The molecular formula is C22H16FN3O3. The first-order valence-electron chi connectivity index (χ1n) is 8.78. The van der Waals surface area contributed by atoms with Crippen molar-refractivity contribution in [1.82, 2.24) is 9.78 Å². The van der Waals surface area contributed by atoms with Gasteiger partial charge in [0.1, 0.15) is 5.82 Å². The average Bonchev–Trinajstić information content (AvgIpc) is 3.17. The van der Waals surface area contributed by atoms with Gasteiger partial charge in [0.05, 0.1) is 30.1 Å². The van der Waals surface area contributed by atoms with Crippen LogP contribution in [0.2, 0.25) is 0 Å². The first-order chi connectivity index (χ1) is 14.0. The first-order valence-corrected chi connectivity index (χ1v) is 8.78. The maximum Gasteiger partial charge on any atom is 0.337 e. The first kappa shape index (κ1) is 18.4. The van der Waals surface area contributed by atoms with Gasteiger partial charge in [-0.15, -0.1) is 0 Å². The molecule has 4 aromatic rings. The molecule has 7 heteroatoms. The number of carbonyl (C=O) groups excluding carboxylic acids is 2. The Labute approximate surface area is 165 Å². The topological polar surface area (TPSA) is 73.2 Å². The van der Waals surface area contributed by atoms with Gasteiger partial charge in [0.15, 0.2) is 0 Å². The monoisotopic (exact) mass is 389 g/mol. The van der Waals surface area contributed by atoms with Crippen LogP contribution in [-0.2, 0) is 4.74 Å². The molecular weight excluding hydrogens is 373 g/mol. The molecule has 1 amide bonds. The smallest absolute Gasteiger partial charge is 0.337 e. The molecule has 0 atom stereocenters. The number of carbonyl (C=O) groups is 2. The molecule has 4 rings (SSSR count). The molecule has 0 unspecified atom stereocenters. The lowest BCUT2D eigenvalue weighted by molar-refractivity contribution is 0.0600. The van der Waals surface area contributed by atoms with Crippen LogP contribution in [-0.4, -0.2) is 28.8 Å². The number of nitrogens with one attached hydrogen (secondary N) is 1. The van der Waals surface area contributed by atoms with Crippen LogP contribution in [0, 0.1) is 5.82 Å². The summed E-state index contributed by atoms with van der Waals surface area (Å²) in [5.41, 5.74) is 2.79. The second kappa shape index (κ2) is 7.55. The van der Waals surface area contributed by atoms with E-state index in [0.29, 0.717) is 16.8 Å². The van der Waals surface area contributed by atoms with Crippen LogP contribution in [0.1, 0.15) is 20.7 Å². The molecule has 0 aliphatic heterocycles. The number of nitrogens with zero attached hydrogens (tertiary/aromatic N) is 2. The minimum absolute atomic E-state index is 0.302. The lowest BCUT2D eigenvalue weighted by Crippen LogP contribution is -2.13. The Morgan fingerprint density at radius 1 is 1.00 bits per heavy atom. The van der Waals surface area contributed by atoms with Gasteiger partial charge in [-0.25, -0.2) is 13.9 Å². The Hall–Kier alpha value is -4.00. The molecule has 6 nitrogen and oxygen atoms in total. The van der Waals surface area contributed by atoms with E-state index in [1.165, 1.54) is 25.3 Å². The molecule has 0 spiro atoms. The predicted octanol–water partition coefficient (Wildman–Crippen LogP) is 4.20. The summed E-state index contributed by atoms with van der Waals surface area (Å²) in [6, 6.07) is 17.7. The van der Waals surface area contributed by atoms with Crippen molar-refractivity contribution in [2.45, 2.75) is 0 Å². The van der Waals surface area contributed by atoms with Crippen molar-refractivity contribution in [3.63, 3.8) is 0 Å². The largest absolute Gasteiger partial charge is 0.465 e. The summed E-state index contributed by atoms with van der Waals surface area (Å²) in [6.45, 7) is 0. The molecule has 0 saturated carbocycles. The molecule has 0 aliphatic rings. The van der Waals surface area contributed by atoms with Gasteiger partial charge in [-0.3, -0.25) is 4.79 Å². The van der Waals surface area contributed by atoms with Gasteiger partial charge in [-0.2, -0.15) is 5.10 Å². The summed E-state index contributed by atoms with van der Waals surface area (Å²) in [5, 5.41) is 7.97. The summed E-state index contributed by atoms with van der Waals surface area (Å²) < 4.78 is 19.5. The number of fused-ring (bicyclic) bond motifs is 1. The number of rotatable bonds is 4. The molecule has 1 N–H and O–H groups in total. The van der Waals surface area contributed by atoms with Crippen molar-refractivity contribution in [1.29, 1.82) is 0 Å². The number of hydrogen-bond acceptors (Lipinski definition) is 4. The Bertz CT molecular complexity index is 1220. The van der Waals surface area contributed by atoms with Gasteiger partial charge >= 0.3 is 5.97 Å². The summed E-state index contributed by atoms with van der Waals surface area (Å²) in [6.07, 6.45) is 1.67. The van der Waals surface area contributed by atoms with E-state index in [0.717, 1.165) is 16.6 Å². The zero-order valence-electron chi connectivity index (χ0n) is 15.4. The van der Waals surface area contributed by atoms with E-state index < -0.39 is 5.97 Å². The number of aromatic nitrogens is 2. The van der Waals surface area contributed by atoms with Gasteiger partial charge in [0, 0.05) is 16.6 Å². The summed E-state index contributed by atoms with van der Waals surface area (Å²) in [5.74, 6) is -1.17. The molecule has 0 fully saturated rings. The zero-order chi connectivity index (χ0) is 20.4. The number of halogens is 1. The number of ether oxygens (including phenoxy) is 1. The maximum absolute atomic E-state index is 13.2. The number of benzene rings is 3. The highest BCUT2D eigenvalue weighted by atomic mass is 19.1. The van der Waals surface area contributed by atoms with Crippen LogP contribution in [0.5, 0.6) is 0 Å². The standard InChI is InChI=1S/C22H16FN3O3/c1-29-22(28)15-4-2-3-14(11-15)21(27)25-18-7-10-20-16(12-18)13-24-26(20)19-8-5-17(23)6-9-19/h2-13H,1H3,(H,25,27). The van der Waals surface area contributed by atoms with E-state index in [2.05, 4.69) is 15.2 Å². The van der Waals surface area contributed by atoms with E-state index >= 15 is 0 Å². The van der Waals surface area contributed by atoms with E-state index in [1.54, 1.807) is 53.3 Å². The van der Waals surface area contributed by atoms with Gasteiger partial charge in [-0.1, -0.05) is 6.07 Å². The van der Waals surface area contributed by atoms with Crippen LogP contribution >= 0.6 is 0 Å². The van der Waals surface area contributed by atoms with Crippen molar-refractivity contribution in [2.24, 2.45) is 0 Å². The quantitative estimate of drug-likeness (QED) is 0.531. The number of anilines is 1. The molecule has 0 aliphatic carbocycles. The number of amides is 1. The molecule has 0 radical (unpaired) electrons. The third kappa shape index (κ3) is 3.70. The van der Waals surface area contributed by atoms with Crippen LogP contribution in [0.25, 0.3) is 16.6 Å². The fraction of sp³-hybridized carbons (Fsp3) is 0.0455. The Balaban J connectivity index is 1.58. The minimum atomic E-state index is -0.505. The van der Waals surface area contributed by atoms with E-state index in [4.69, 9.17) is 0 Å². The van der Waals surface area contributed by atoms with E-state index in [1.807, 2.05) is 6.07 Å². The predicted molar refractivity (Wildman–Crippen MR) is 107 cm³/mol. The highest BCUT2D eigenvalue weighted by molar-refractivity contribution is 6.06. The van der Waals surface area contributed by atoms with Crippen LogP contribution in [0.15, 0.2) is 72.9 Å². The fourth-order valence-corrected chi connectivity index (χ4v) is 3.01. The van der Waals surface area contributed by atoms with Gasteiger partial charge in [-0.05, 0) is 60.7 Å². The third-order valence-electron chi connectivity index (χ3n) is 4.44. The molecule has 1 aromatic heterocycles. The number of methoxy groups -OCH3 is 1. The van der Waals surface area contributed by atoms with Crippen LogP contribution < -0.4 is 5.32 Å². The second-order valence-corrected chi connectivity index (χ2v) is 6.33. The Morgan fingerprint density at radius 3 is 2.52 bits per heavy atom. The number of hydrogen-bond donors (Lipinski definition) is 1. The Morgan fingerprint density at radius 2 is 1.76 bits per heavy atom. The summed E-state index contributed by atoms with van der Waals surface area (Å²) in [7, 11) is 1.29. The van der Waals surface area contributed by atoms with Gasteiger partial charge < -0.3 is 10.1 Å². The molecule has 29 heavy (non-hydrogen) atoms. The number of esters is 1. The summed E-state index contributed by atoms with van der Waals surface area (Å²) >= 11 is 0. The lowest BCUT2D eigenvalue weighted by Gasteiger charge is -2.08. The SMILES string of the molecule is COC(=O)c1cccc(C(=O)Nc2ccc3c(cnn3-c3ccc(F)cc3)c2)c1. The highest BCUT2D eigenvalue weighted by Crippen LogP contribution is 2.22. The van der Waals surface area contributed by atoms with Gasteiger partial charge in [0.2, 0.25) is 0 Å². The minimum Gasteiger partial charge on any atom is -0.465 e. The molecule has 3 aromatic carbocycles. The van der Waals surface area contributed by atoms with E-state index in [9.17, 15) is 14.0 Å². The molecule has 0 bridgehead atoms. The van der Waals surface area contributed by atoms with Crippen LogP contribution in [0.3, 0.4) is 0 Å². The molecule has 144 valence electrons. The molecule has 0 saturated heterocycles. The van der Waals surface area contributed by atoms with Gasteiger partial charge in [0.25, 0.3) is 5.91 Å². The van der Waals surface area contributed by atoms with Crippen molar-refractivity contribution in [3.05, 3.63) is 89.9 Å². The van der Waals surface area contributed by atoms with Crippen molar-refractivity contribution in [3.8, 4) is 5.69 Å². The zero-order valence-corrected chi connectivity index (χ0v) is 15.4. The highest BCUT2D eigenvalue weighted by Gasteiger charge is 2.12. The third-order valence-corrected chi connectivity index (χ3v) is 4.44. The van der Waals surface area contributed by atoms with Crippen molar-refractivity contribution >= 4 is 28.5 Å². The van der Waals surface area contributed by atoms with Crippen molar-refractivity contribution < 1.29 is 18.7 Å². The van der Waals surface area contributed by atoms with E-state index in [-0.39, 0.29) is 11.7 Å². The van der Waals surface area contributed by atoms with Crippen molar-refractivity contribution in [2.75, 3.05) is 12.4 Å². The Kier molecular flexibility index (Phi) is 4.78. The molecule has 1 heterocycles. The average molecular weight is 389 g/mol. The second-order valence-electron chi connectivity index (χ2n) is 6.33.